The highest BCUT2D eigenvalue weighted by molar-refractivity contribution is 5.85. The molecule has 1 aliphatic rings. The Bertz CT molecular complexity index is 647. The first-order valence-electron chi connectivity index (χ1n) is 6.81. The molecule has 0 spiro atoms. The van der Waals surface area contributed by atoms with E-state index in [2.05, 4.69) is 5.10 Å². The molecule has 1 amide bonds. The lowest BCUT2D eigenvalue weighted by molar-refractivity contribution is -0.195. The molecule has 1 saturated heterocycles. The summed E-state index contributed by atoms with van der Waals surface area (Å²) in [5.74, 6) is -0.674. The van der Waals surface area contributed by atoms with Gasteiger partial charge in [-0.3, -0.25) is 10.0 Å². The summed E-state index contributed by atoms with van der Waals surface area (Å²) >= 11 is 0. The van der Waals surface area contributed by atoms with Gasteiger partial charge in [-0.05, 0) is 27.7 Å². The van der Waals surface area contributed by atoms with Gasteiger partial charge >= 0.3 is 17.8 Å². The van der Waals surface area contributed by atoms with Crippen LogP contribution in [0.15, 0.2) is 4.79 Å². The maximum Gasteiger partial charge on any atom is 0.439 e. The van der Waals surface area contributed by atoms with E-state index in [1.54, 1.807) is 27.7 Å². The molecule has 1 aromatic rings. The summed E-state index contributed by atoms with van der Waals surface area (Å²) in [5, 5.41) is 13.4. The minimum Gasteiger partial charge on any atom is -0.461 e. The van der Waals surface area contributed by atoms with Crippen molar-refractivity contribution in [2.75, 3.05) is 6.54 Å². The summed E-state index contributed by atoms with van der Waals surface area (Å²) < 4.78 is 11.7. The standard InChI is InChI=1S/C12H18N4O6/c1-6(2)21-10-13-16(12(19)22-7(3)4)11(18)15(10)8-5-14(20)9(8)17/h6-8,20H,5H2,1-4H3/t8-/m0/s1. The maximum atomic E-state index is 12.3. The zero-order valence-electron chi connectivity index (χ0n) is 12.7. The van der Waals surface area contributed by atoms with Crippen LogP contribution in [0, 0.1) is 0 Å². The van der Waals surface area contributed by atoms with Crippen molar-refractivity contribution in [2.24, 2.45) is 0 Å². The Balaban J connectivity index is 2.42. The predicted molar refractivity (Wildman–Crippen MR) is 71.8 cm³/mol. The second-order valence-corrected chi connectivity index (χ2v) is 5.38. The van der Waals surface area contributed by atoms with Gasteiger partial charge < -0.3 is 9.47 Å². The Kier molecular flexibility index (Phi) is 4.22. The van der Waals surface area contributed by atoms with Crippen molar-refractivity contribution < 1.29 is 24.3 Å². The van der Waals surface area contributed by atoms with E-state index in [1.807, 2.05) is 0 Å². The number of hydrogen-bond acceptors (Lipinski definition) is 7. The van der Waals surface area contributed by atoms with Crippen LogP contribution in [0.1, 0.15) is 33.7 Å². The van der Waals surface area contributed by atoms with E-state index in [0.717, 1.165) is 4.57 Å². The van der Waals surface area contributed by atoms with E-state index in [1.165, 1.54) is 0 Å². The van der Waals surface area contributed by atoms with Gasteiger partial charge in [-0.2, -0.15) is 0 Å². The van der Waals surface area contributed by atoms with Gasteiger partial charge in [0.25, 0.3) is 5.91 Å². The molecule has 1 atom stereocenters. The van der Waals surface area contributed by atoms with E-state index in [-0.39, 0.29) is 18.7 Å². The third-order valence-electron chi connectivity index (χ3n) is 2.83. The Morgan fingerprint density at radius 2 is 1.91 bits per heavy atom. The number of aromatic nitrogens is 3. The van der Waals surface area contributed by atoms with Crippen LogP contribution < -0.4 is 10.4 Å². The number of hydrogen-bond donors (Lipinski definition) is 1. The fraction of sp³-hybridized carbons (Fsp3) is 0.667. The van der Waals surface area contributed by atoms with Gasteiger partial charge in [0.2, 0.25) is 0 Å². The number of nitrogens with zero attached hydrogens (tertiary/aromatic N) is 4. The van der Waals surface area contributed by atoms with E-state index in [4.69, 9.17) is 14.7 Å². The highest BCUT2D eigenvalue weighted by Crippen LogP contribution is 2.24. The van der Waals surface area contributed by atoms with Gasteiger partial charge in [-0.25, -0.2) is 19.2 Å². The lowest BCUT2D eigenvalue weighted by Crippen LogP contribution is -2.53. The second kappa shape index (κ2) is 5.79. The quantitative estimate of drug-likeness (QED) is 0.614. The number of β-lactam (4-membered cyclic amide) rings is 1. The molecule has 1 aliphatic heterocycles. The van der Waals surface area contributed by atoms with E-state index in [0.29, 0.717) is 9.75 Å². The van der Waals surface area contributed by atoms with Crippen LogP contribution in [0.25, 0.3) is 0 Å². The Labute approximate surface area is 125 Å². The molecule has 122 valence electrons. The van der Waals surface area contributed by atoms with Crippen molar-refractivity contribution in [3.05, 3.63) is 10.5 Å². The van der Waals surface area contributed by atoms with Crippen LogP contribution in [0.2, 0.25) is 0 Å². The topological polar surface area (TPSA) is 116 Å². The number of carbonyl (C=O) groups excluding carboxylic acids is 2. The molecule has 1 aromatic heterocycles. The van der Waals surface area contributed by atoms with Crippen LogP contribution in [0.4, 0.5) is 4.79 Å². The summed E-state index contributed by atoms with van der Waals surface area (Å²) in [7, 11) is 0. The fourth-order valence-electron chi connectivity index (χ4n) is 1.87. The van der Waals surface area contributed by atoms with Gasteiger partial charge in [0.1, 0.15) is 6.04 Å². The summed E-state index contributed by atoms with van der Waals surface area (Å²) in [6.07, 6.45) is -1.72. The minimum atomic E-state index is -0.958. The van der Waals surface area contributed by atoms with Crippen LogP contribution in [-0.4, -0.2) is 55.4 Å². The van der Waals surface area contributed by atoms with Gasteiger partial charge in [-0.1, -0.05) is 0 Å². The molecule has 0 saturated carbocycles. The van der Waals surface area contributed by atoms with E-state index < -0.39 is 29.8 Å². The van der Waals surface area contributed by atoms with Crippen LogP contribution >= 0.6 is 0 Å². The molecule has 1 fully saturated rings. The molecule has 0 aromatic carbocycles. The van der Waals surface area contributed by atoms with Gasteiger partial charge in [0, 0.05) is 0 Å². The Morgan fingerprint density at radius 3 is 2.36 bits per heavy atom. The Morgan fingerprint density at radius 1 is 1.27 bits per heavy atom. The highest BCUT2D eigenvalue weighted by atomic mass is 16.6. The summed E-state index contributed by atoms with van der Waals surface area (Å²) in [4.78, 5) is 35.8. The van der Waals surface area contributed by atoms with Crippen molar-refractivity contribution in [1.29, 1.82) is 0 Å². The zero-order valence-corrected chi connectivity index (χ0v) is 12.7. The SMILES string of the molecule is CC(C)OC(=O)n1nc(OC(C)C)n([C@H]2CN(O)C2=O)c1=O. The first kappa shape index (κ1) is 16.0. The van der Waals surface area contributed by atoms with Crippen LogP contribution in [0.5, 0.6) is 6.01 Å². The molecule has 2 heterocycles. The van der Waals surface area contributed by atoms with Crippen molar-refractivity contribution >= 4 is 12.0 Å². The molecule has 0 unspecified atom stereocenters. The van der Waals surface area contributed by atoms with E-state index in [9.17, 15) is 14.4 Å². The van der Waals surface area contributed by atoms with Crippen molar-refractivity contribution in [1.82, 2.24) is 19.4 Å². The first-order chi connectivity index (χ1) is 10.2. The molecular weight excluding hydrogens is 296 g/mol. The van der Waals surface area contributed by atoms with Crippen molar-refractivity contribution in [3.8, 4) is 6.01 Å². The largest absolute Gasteiger partial charge is 0.461 e. The number of carbonyl (C=O) groups is 2. The molecule has 10 nitrogen and oxygen atoms in total. The zero-order chi connectivity index (χ0) is 16.6. The molecular formula is C12H18N4O6. The lowest BCUT2D eigenvalue weighted by Gasteiger charge is -2.33. The third-order valence-corrected chi connectivity index (χ3v) is 2.83. The average molecular weight is 314 g/mol. The molecule has 0 radical (unpaired) electrons. The summed E-state index contributed by atoms with van der Waals surface area (Å²) in [5.41, 5.74) is -0.854. The fourth-order valence-corrected chi connectivity index (χ4v) is 1.87. The monoisotopic (exact) mass is 314 g/mol. The molecule has 1 N–H and O–H groups in total. The minimum absolute atomic E-state index is 0.0852. The average Bonchev–Trinajstić information content (AvgIpc) is 2.71. The van der Waals surface area contributed by atoms with Crippen LogP contribution in [0.3, 0.4) is 0 Å². The summed E-state index contributed by atoms with van der Waals surface area (Å²) in [6.45, 7) is 6.59. The first-order valence-corrected chi connectivity index (χ1v) is 6.81. The molecule has 0 bridgehead atoms. The van der Waals surface area contributed by atoms with Gasteiger partial charge in [0.15, 0.2) is 0 Å². The van der Waals surface area contributed by atoms with Crippen molar-refractivity contribution in [2.45, 2.75) is 45.9 Å². The molecule has 0 aliphatic carbocycles. The van der Waals surface area contributed by atoms with E-state index >= 15 is 0 Å². The van der Waals surface area contributed by atoms with Crippen molar-refractivity contribution in [3.63, 3.8) is 0 Å². The smallest absolute Gasteiger partial charge is 0.439 e. The molecule has 2 rings (SSSR count). The van der Waals surface area contributed by atoms with Gasteiger partial charge in [-0.15, -0.1) is 9.78 Å². The Hall–Kier alpha value is -2.36. The number of rotatable bonds is 4. The number of hydroxylamine groups is 2. The van der Waals surface area contributed by atoms with Crippen LogP contribution in [-0.2, 0) is 9.53 Å². The number of amides is 1. The lowest BCUT2D eigenvalue weighted by atomic mass is 10.1. The summed E-state index contributed by atoms with van der Waals surface area (Å²) in [6, 6.07) is -1.13. The number of ether oxygens (including phenoxy) is 2. The predicted octanol–water partition coefficient (Wildman–Crippen LogP) is -0.00240. The molecule has 22 heavy (non-hydrogen) atoms. The van der Waals surface area contributed by atoms with Gasteiger partial charge in [0.05, 0.1) is 18.8 Å². The highest BCUT2D eigenvalue weighted by Gasteiger charge is 2.42. The molecule has 10 heteroatoms. The normalized spacial score (nSPS) is 17.9. The second-order valence-electron chi connectivity index (χ2n) is 5.38. The third kappa shape index (κ3) is 2.82. The maximum absolute atomic E-state index is 12.3.